The summed E-state index contributed by atoms with van der Waals surface area (Å²) in [6.07, 6.45) is -1.84. The Kier molecular flexibility index (Phi) is 1.19. The molecule has 0 rings (SSSR count). The van der Waals surface area contributed by atoms with Crippen LogP contribution >= 0.6 is 0 Å². The molecule has 0 saturated heterocycles. The molecule has 0 heterocycles. The van der Waals surface area contributed by atoms with Crippen molar-refractivity contribution in [2.45, 2.75) is 13.3 Å². The summed E-state index contributed by atoms with van der Waals surface area (Å²) in [6.45, 7) is 1.39. The van der Waals surface area contributed by atoms with Gasteiger partial charge in [0.2, 0.25) is 0 Å². The van der Waals surface area contributed by atoms with Gasteiger partial charge in [-0.05, 0) is 0 Å². The Morgan fingerprint density at radius 1 is 1.75 bits per heavy atom. The molecule has 4 heteroatoms. The molecule has 0 amide bonds. The summed E-state index contributed by atoms with van der Waals surface area (Å²) >= 11 is 0. The molecule has 0 radical (unpaired) electrons. The molecule has 0 aliphatic rings. The zero-order valence-corrected chi connectivity index (χ0v) is 10.9. The zero-order chi connectivity index (χ0) is 6.78. The molecule has 0 aliphatic heterocycles. The molecule has 8 heavy (non-hydrogen) atoms. The summed E-state index contributed by atoms with van der Waals surface area (Å²) in [5.74, 6) is -0.784. The molecule has 1 N–H and O–H groups in total. The van der Waals surface area contributed by atoms with Crippen LogP contribution in [0.25, 0.3) is 0 Å². The molecule has 0 aliphatic carbocycles. The van der Waals surface area contributed by atoms with E-state index in [1.165, 1.54) is 6.92 Å². The molecular formula is C4H5F2ORf. The monoisotopic (exact) mass is 374 g/mol. The molecule has 0 bridgehead atoms. The van der Waals surface area contributed by atoms with E-state index < -0.39 is 12.2 Å². The van der Waals surface area contributed by atoms with E-state index in [1.807, 2.05) is 0 Å². The fourth-order valence-corrected chi connectivity index (χ4v) is 1.13. The summed E-state index contributed by atoms with van der Waals surface area (Å²) in [6, 6.07) is 0. The van der Waals surface area contributed by atoms with Crippen LogP contribution in [0.3, 0.4) is 0 Å². The van der Waals surface area contributed by atoms with E-state index in [0.717, 1.165) is 6.08 Å². The van der Waals surface area contributed by atoms with Gasteiger partial charge >= 0.3 is 39.1 Å². The number of rotatable bonds is 1. The number of alkyl halides is 2. The van der Waals surface area contributed by atoms with E-state index in [2.05, 4.69) is 0 Å². The molecule has 0 spiro atoms. The first-order chi connectivity index (χ1) is 3.48. The molecular weight excluding hydrogens is 369 g/mol. The molecule has 0 fully saturated rings. The van der Waals surface area contributed by atoms with Crippen LogP contribution in [0.2, 0.25) is 0 Å². The Labute approximate surface area is 40.3 Å². The summed E-state index contributed by atoms with van der Waals surface area (Å²) < 4.78 is 23.0. The van der Waals surface area contributed by atoms with Crippen molar-refractivity contribution in [2.75, 3.05) is 0 Å². The van der Waals surface area contributed by atoms with Gasteiger partial charge in [-0.15, -0.1) is 0 Å². The zero-order valence-electron chi connectivity index (χ0n) is 4.49. The van der Waals surface area contributed by atoms with E-state index in [0.29, 0.717) is 0 Å². The summed E-state index contributed by atoms with van der Waals surface area (Å²) in [7, 11) is 0. The van der Waals surface area contributed by atoms with Gasteiger partial charge in [0.1, 0.15) is 0 Å². The second kappa shape index (κ2) is 1.48. The maximum atomic E-state index is 11.9. The summed E-state index contributed by atoms with van der Waals surface area (Å²) in [4.78, 5) is 0. The minimum absolute atomic E-state index is 0.784. The Hall–Kier alpha value is -1.60. The van der Waals surface area contributed by atoms with Gasteiger partial charge in [-0.3, -0.25) is 0 Å². The van der Waals surface area contributed by atoms with Crippen molar-refractivity contribution in [3.63, 3.8) is 0 Å². The van der Waals surface area contributed by atoms with Crippen LogP contribution in [0.15, 0.2) is 11.8 Å². The number of hydrogen-bond donors (Lipinski definition) is 1. The Morgan fingerprint density at radius 2 is 2.12 bits per heavy atom. The third kappa shape index (κ3) is 1.24. The maximum absolute atomic E-state index is 11.9. The van der Waals surface area contributed by atoms with Gasteiger partial charge in [-0.25, -0.2) is 0 Å². The predicted octanol–water partition coefficient (Wildman–Crippen LogP) is 1.59. The summed E-state index contributed by atoms with van der Waals surface area (Å²) in [5.41, 5.74) is 0. The van der Waals surface area contributed by atoms with E-state index in [-0.39, 0.29) is 0 Å². The number of halogens is 2. The number of aliphatic hydroxyl groups is 1. The van der Waals surface area contributed by atoms with Crippen LogP contribution in [0.4, 0.5) is 8.78 Å². The van der Waals surface area contributed by atoms with Gasteiger partial charge in [-0.1, -0.05) is 0 Å². The molecule has 0 aromatic carbocycles. The molecule has 1 nitrogen and oxygen atoms in total. The van der Waals surface area contributed by atoms with Crippen molar-refractivity contribution in [1.82, 2.24) is 0 Å². The standard InChI is InChI=1S/C4H5F2O.Rf/c1-2-3(7)4(5)6;/h2,7H,1H3;/b3-2-;. The first kappa shape index (κ1) is 6.40. The van der Waals surface area contributed by atoms with Crippen LogP contribution in [-0.2, 0) is 0 Å². The first-order valence-electron chi connectivity index (χ1n) is 2.07. The van der Waals surface area contributed by atoms with Crippen LogP contribution in [0.5, 0.6) is 0 Å². The minimum atomic E-state index is -2.87. The third-order valence-electron chi connectivity index (χ3n) is 0.648. The van der Waals surface area contributed by atoms with Gasteiger partial charge in [0.25, 0.3) is 0 Å². The average Bonchev–Trinajstić information content (AvgIpc) is 1.62. The van der Waals surface area contributed by atoms with Crippen LogP contribution in [-0.4, -0.2) is 11.5 Å². The first-order valence-corrected chi connectivity index (χ1v) is 5.27. The van der Waals surface area contributed by atoms with E-state index in [9.17, 15) is 8.78 Å². The van der Waals surface area contributed by atoms with Crippen LogP contribution in [0, 0.1) is 0 Å². The van der Waals surface area contributed by atoms with Gasteiger partial charge in [0.15, 0.2) is 0 Å². The van der Waals surface area contributed by atoms with Gasteiger partial charge < -0.3 is 0 Å². The molecule has 0 aromatic heterocycles. The molecule has 0 aromatic rings. The van der Waals surface area contributed by atoms with E-state index in [1.54, 1.807) is 0 Å². The third-order valence-corrected chi connectivity index (χ3v) is 2.29. The van der Waals surface area contributed by atoms with Crippen molar-refractivity contribution in [2.24, 2.45) is 0 Å². The van der Waals surface area contributed by atoms with E-state index >= 15 is 0 Å². The Balaban J connectivity index is 4.03. The van der Waals surface area contributed by atoms with Crippen molar-refractivity contribution < 1.29 is 13.9 Å². The molecule has 0 atom stereocenters. The second-order valence-corrected chi connectivity index (χ2v) is 5.40. The molecule has 0 unspecified atom stereocenters. The average molecular weight is 374 g/mol. The normalized spacial score (nSPS) is 14.4. The second-order valence-electron chi connectivity index (χ2n) is 1.38. The number of hydrogen-bond acceptors (Lipinski definition) is 1. The molecule has 0 saturated carbocycles. The van der Waals surface area contributed by atoms with Crippen LogP contribution < -0.4 is 0 Å². The van der Waals surface area contributed by atoms with Crippen molar-refractivity contribution in [3.05, 3.63) is 11.8 Å². The topological polar surface area (TPSA) is 20.2 Å². The number of aliphatic hydroxyl groups excluding tert-OH is 1. The Morgan fingerprint density at radius 3 is 2.12 bits per heavy atom. The van der Waals surface area contributed by atoms with Gasteiger partial charge in [-0.2, -0.15) is 0 Å². The number of allylic oxidation sites excluding steroid dienone is 2. The summed E-state index contributed by atoms with van der Waals surface area (Å²) in [5, 5.41) is 8.36. The quantitative estimate of drug-likeness (QED) is 0.692. The van der Waals surface area contributed by atoms with Crippen molar-refractivity contribution in [1.29, 1.82) is 0 Å². The van der Waals surface area contributed by atoms with E-state index in [4.69, 9.17) is 5.11 Å². The molecule has 43 valence electrons. The SMILES string of the molecule is C/C=C(\O)[C](F)(F)[Rf]. The van der Waals surface area contributed by atoms with Crippen molar-refractivity contribution in [3.8, 4) is 0 Å². The fraction of sp³-hybridized carbons (Fsp3) is 0.500. The Bertz CT molecular complexity index is 105. The van der Waals surface area contributed by atoms with Crippen molar-refractivity contribution >= 4 is 0 Å². The van der Waals surface area contributed by atoms with Gasteiger partial charge in [0, 0.05) is 0 Å². The van der Waals surface area contributed by atoms with Crippen LogP contribution in [0.1, 0.15) is 6.92 Å². The predicted molar refractivity (Wildman–Crippen MR) is 21.3 cm³/mol. The fourth-order valence-electron chi connectivity index (χ4n) is 0.211. The van der Waals surface area contributed by atoms with Gasteiger partial charge in [0.05, 0.1) is 0 Å².